The van der Waals surface area contributed by atoms with Crippen LogP contribution in [0.3, 0.4) is 0 Å². The highest BCUT2D eigenvalue weighted by molar-refractivity contribution is 8.00. The summed E-state index contributed by atoms with van der Waals surface area (Å²) in [6.07, 6.45) is 0. The second kappa shape index (κ2) is 6.98. The van der Waals surface area contributed by atoms with Crippen LogP contribution in [0.4, 0.5) is 14.9 Å². The van der Waals surface area contributed by atoms with Gasteiger partial charge in [0, 0.05) is 11.4 Å². The number of nitrogen functional groups attached to an aromatic ring is 1. The maximum absolute atomic E-state index is 13.2. The number of amides is 3. The molecule has 1 unspecified atom stereocenters. The van der Waals surface area contributed by atoms with Crippen LogP contribution in [0.25, 0.3) is 0 Å². The molecule has 0 heterocycles. The molecule has 1 aromatic carbocycles. The molecule has 1 atom stereocenters. The predicted molar refractivity (Wildman–Crippen MR) is 73.3 cm³/mol. The molecule has 0 fully saturated rings. The molecule has 0 bridgehead atoms. The number of halogens is 1. The quantitative estimate of drug-likeness (QED) is 0.581. The molecule has 0 aliphatic rings. The Balaban J connectivity index is 2.58. The maximum Gasteiger partial charge on any atom is 0.321 e. The van der Waals surface area contributed by atoms with Gasteiger partial charge in [-0.3, -0.25) is 10.1 Å². The van der Waals surface area contributed by atoms with Gasteiger partial charge in [0.25, 0.3) is 0 Å². The molecule has 0 saturated carbocycles. The van der Waals surface area contributed by atoms with E-state index in [1.54, 1.807) is 19.9 Å². The van der Waals surface area contributed by atoms with Gasteiger partial charge in [0.15, 0.2) is 0 Å². The van der Waals surface area contributed by atoms with E-state index in [-0.39, 0.29) is 5.69 Å². The lowest BCUT2D eigenvalue weighted by atomic mass is 10.3. The summed E-state index contributed by atoms with van der Waals surface area (Å²) in [5, 5.41) is 4.13. The lowest BCUT2D eigenvalue weighted by molar-refractivity contribution is -0.119. The number of benzene rings is 1. The molecule has 0 aliphatic heterocycles. The van der Waals surface area contributed by atoms with Gasteiger partial charge in [-0.2, -0.15) is 0 Å². The van der Waals surface area contributed by atoms with E-state index in [2.05, 4.69) is 10.6 Å². The van der Waals surface area contributed by atoms with E-state index in [0.717, 1.165) is 11.8 Å². The van der Waals surface area contributed by atoms with Crippen molar-refractivity contribution < 1.29 is 14.0 Å². The van der Waals surface area contributed by atoms with Gasteiger partial charge in [-0.1, -0.05) is 0 Å². The number of urea groups is 1. The first-order valence-electron chi connectivity index (χ1n) is 5.74. The zero-order valence-corrected chi connectivity index (χ0v) is 11.5. The molecule has 104 valence electrons. The van der Waals surface area contributed by atoms with Gasteiger partial charge in [0.2, 0.25) is 5.91 Å². The van der Waals surface area contributed by atoms with Crippen LogP contribution in [0, 0.1) is 5.82 Å². The minimum Gasteiger partial charge on any atom is -0.396 e. The standard InChI is InChI=1S/C12H16FN3O2S/c1-3-15-12(18)16-11(17)7(2)19-8-4-5-10(14)9(13)6-8/h4-7H,3,14H2,1-2H3,(H2,15,16,17,18). The van der Waals surface area contributed by atoms with Crippen LogP contribution in [0.5, 0.6) is 0 Å². The topological polar surface area (TPSA) is 84.2 Å². The van der Waals surface area contributed by atoms with E-state index < -0.39 is 23.0 Å². The van der Waals surface area contributed by atoms with E-state index in [1.807, 2.05) is 0 Å². The lowest BCUT2D eigenvalue weighted by Crippen LogP contribution is -2.42. The second-order valence-corrected chi connectivity index (χ2v) is 5.21. The average Bonchev–Trinajstić information content (AvgIpc) is 2.34. The molecule has 0 radical (unpaired) electrons. The Kier molecular flexibility index (Phi) is 5.62. The Morgan fingerprint density at radius 3 is 2.74 bits per heavy atom. The zero-order chi connectivity index (χ0) is 14.4. The Morgan fingerprint density at radius 2 is 2.16 bits per heavy atom. The van der Waals surface area contributed by atoms with Crippen LogP contribution in [0.2, 0.25) is 0 Å². The van der Waals surface area contributed by atoms with Crippen molar-refractivity contribution in [1.29, 1.82) is 0 Å². The average molecular weight is 285 g/mol. The molecule has 0 aromatic heterocycles. The van der Waals surface area contributed by atoms with Crippen molar-refractivity contribution in [3.05, 3.63) is 24.0 Å². The van der Waals surface area contributed by atoms with Crippen molar-refractivity contribution in [1.82, 2.24) is 10.6 Å². The van der Waals surface area contributed by atoms with Crippen molar-refractivity contribution in [2.75, 3.05) is 12.3 Å². The van der Waals surface area contributed by atoms with E-state index in [9.17, 15) is 14.0 Å². The Labute approximate surface area is 115 Å². The van der Waals surface area contributed by atoms with Gasteiger partial charge in [0.05, 0.1) is 10.9 Å². The van der Waals surface area contributed by atoms with Crippen molar-refractivity contribution in [3.63, 3.8) is 0 Å². The molecule has 4 N–H and O–H groups in total. The summed E-state index contributed by atoms with van der Waals surface area (Å²) in [6.45, 7) is 3.82. The summed E-state index contributed by atoms with van der Waals surface area (Å²) < 4.78 is 13.2. The molecule has 5 nitrogen and oxygen atoms in total. The molecule has 0 spiro atoms. The summed E-state index contributed by atoms with van der Waals surface area (Å²) in [5.74, 6) is -0.963. The van der Waals surface area contributed by atoms with Gasteiger partial charge in [-0.25, -0.2) is 9.18 Å². The first-order valence-corrected chi connectivity index (χ1v) is 6.62. The highest BCUT2D eigenvalue weighted by atomic mass is 32.2. The Hall–Kier alpha value is -1.76. The first kappa shape index (κ1) is 15.3. The summed E-state index contributed by atoms with van der Waals surface area (Å²) >= 11 is 1.15. The van der Waals surface area contributed by atoms with Crippen molar-refractivity contribution >= 4 is 29.4 Å². The number of nitrogens with one attached hydrogen (secondary N) is 2. The highest BCUT2D eigenvalue weighted by Crippen LogP contribution is 2.25. The third-order valence-corrected chi connectivity index (χ3v) is 3.32. The van der Waals surface area contributed by atoms with Crippen LogP contribution in [0.15, 0.2) is 23.1 Å². The number of carbonyl (C=O) groups is 2. The van der Waals surface area contributed by atoms with Gasteiger partial charge in [0.1, 0.15) is 5.82 Å². The van der Waals surface area contributed by atoms with Gasteiger partial charge in [-0.05, 0) is 32.0 Å². The first-order chi connectivity index (χ1) is 8.93. The predicted octanol–water partition coefficient (Wildman–Crippen LogP) is 1.73. The number of hydrogen-bond acceptors (Lipinski definition) is 4. The number of nitrogens with two attached hydrogens (primary N) is 1. The minimum absolute atomic E-state index is 0.0591. The summed E-state index contributed by atoms with van der Waals surface area (Å²) in [7, 11) is 0. The van der Waals surface area contributed by atoms with Crippen molar-refractivity contribution in [2.24, 2.45) is 0 Å². The van der Waals surface area contributed by atoms with E-state index >= 15 is 0 Å². The fourth-order valence-corrected chi connectivity index (χ4v) is 2.15. The Morgan fingerprint density at radius 1 is 1.47 bits per heavy atom. The molecule has 7 heteroatoms. The number of imide groups is 1. The lowest BCUT2D eigenvalue weighted by Gasteiger charge is -2.11. The molecule has 3 amide bonds. The van der Waals surface area contributed by atoms with Gasteiger partial charge in [-0.15, -0.1) is 11.8 Å². The van der Waals surface area contributed by atoms with Crippen molar-refractivity contribution in [2.45, 2.75) is 24.0 Å². The molecular weight excluding hydrogens is 269 g/mol. The second-order valence-electron chi connectivity index (χ2n) is 3.79. The maximum atomic E-state index is 13.2. The largest absolute Gasteiger partial charge is 0.396 e. The molecular formula is C12H16FN3O2S. The third kappa shape index (κ3) is 4.78. The summed E-state index contributed by atoms with van der Waals surface area (Å²) in [6, 6.07) is 3.78. The number of rotatable bonds is 4. The third-order valence-electron chi connectivity index (χ3n) is 2.23. The molecule has 0 aliphatic carbocycles. The normalized spacial score (nSPS) is 11.7. The zero-order valence-electron chi connectivity index (χ0n) is 10.7. The van der Waals surface area contributed by atoms with Crippen LogP contribution in [-0.2, 0) is 4.79 Å². The van der Waals surface area contributed by atoms with E-state index in [1.165, 1.54) is 12.1 Å². The number of carbonyl (C=O) groups excluding carboxylic acids is 2. The molecule has 0 saturated heterocycles. The summed E-state index contributed by atoms with van der Waals surface area (Å²) in [5.41, 5.74) is 5.42. The van der Waals surface area contributed by atoms with Gasteiger partial charge < -0.3 is 11.1 Å². The Bertz CT molecular complexity index is 482. The minimum atomic E-state index is -0.538. The SMILES string of the molecule is CCNC(=O)NC(=O)C(C)Sc1ccc(N)c(F)c1. The summed E-state index contributed by atoms with van der Waals surface area (Å²) in [4.78, 5) is 23.4. The highest BCUT2D eigenvalue weighted by Gasteiger charge is 2.17. The van der Waals surface area contributed by atoms with Gasteiger partial charge >= 0.3 is 6.03 Å². The number of hydrogen-bond donors (Lipinski definition) is 3. The van der Waals surface area contributed by atoms with Crippen LogP contribution in [0.1, 0.15) is 13.8 Å². The molecule has 19 heavy (non-hydrogen) atoms. The van der Waals surface area contributed by atoms with E-state index in [4.69, 9.17) is 5.73 Å². The molecule has 1 rings (SSSR count). The number of thioether (sulfide) groups is 1. The van der Waals surface area contributed by atoms with Crippen molar-refractivity contribution in [3.8, 4) is 0 Å². The molecule has 1 aromatic rings. The fourth-order valence-electron chi connectivity index (χ4n) is 1.26. The monoisotopic (exact) mass is 285 g/mol. The van der Waals surface area contributed by atoms with E-state index in [0.29, 0.717) is 11.4 Å². The fraction of sp³-hybridized carbons (Fsp3) is 0.333. The van der Waals surface area contributed by atoms with Crippen LogP contribution < -0.4 is 16.4 Å². The van der Waals surface area contributed by atoms with Crippen LogP contribution in [-0.4, -0.2) is 23.7 Å². The smallest absolute Gasteiger partial charge is 0.321 e. The van der Waals surface area contributed by atoms with Crippen LogP contribution >= 0.6 is 11.8 Å². The number of anilines is 1.